The molecule has 1 aromatic carbocycles. The Hall–Kier alpha value is -1.64. The first-order valence-electron chi connectivity index (χ1n) is 7.17. The molecule has 2 N–H and O–H groups in total. The molecule has 130 valence electrons. The van der Waals surface area contributed by atoms with Crippen LogP contribution in [0.4, 0.5) is 0 Å². The van der Waals surface area contributed by atoms with Crippen molar-refractivity contribution in [3.63, 3.8) is 0 Å². The number of ether oxygens (including phenoxy) is 2. The molecule has 0 aromatic heterocycles. The van der Waals surface area contributed by atoms with Crippen molar-refractivity contribution in [3.05, 3.63) is 23.8 Å². The van der Waals surface area contributed by atoms with Gasteiger partial charge in [-0.2, -0.15) is 4.72 Å². The average Bonchev–Trinajstić information content (AvgIpc) is 2.46. The van der Waals surface area contributed by atoms with Crippen LogP contribution < -0.4 is 14.8 Å². The third-order valence-corrected chi connectivity index (χ3v) is 4.70. The third-order valence-electron chi connectivity index (χ3n) is 3.14. The van der Waals surface area contributed by atoms with E-state index < -0.39 is 22.0 Å². The maximum Gasteiger partial charge on any atom is 0.244 e. The van der Waals surface area contributed by atoms with Gasteiger partial charge in [-0.3, -0.25) is 4.79 Å². The summed E-state index contributed by atoms with van der Waals surface area (Å²) in [7, 11) is -0.963. The zero-order chi connectivity index (χ0) is 17.6. The molecule has 8 heteroatoms. The van der Waals surface area contributed by atoms with Crippen molar-refractivity contribution in [1.29, 1.82) is 0 Å². The predicted molar refractivity (Wildman–Crippen MR) is 87.0 cm³/mol. The van der Waals surface area contributed by atoms with E-state index in [1.165, 1.54) is 27.2 Å². The van der Waals surface area contributed by atoms with E-state index in [9.17, 15) is 13.2 Å². The molecule has 7 nitrogen and oxygen atoms in total. The van der Waals surface area contributed by atoms with Crippen molar-refractivity contribution in [3.8, 4) is 5.75 Å². The number of hydrogen-bond acceptors (Lipinski definition) is 5. The van der Waals surface area contributed by atoms with Crippen LogP contribution in [-0.2, 0) is 19.6 Å². The first-order valence-corrected chi connectivity index (χ1v) is 8.66. The Morgan fingerprint density at radius 2 is 1.91 bits per heavy atom. The molecule has 0 aliphatic carbocycles. The summed E-state index contributed by atoms with van der Waals surface area (Å²) in [5, 5.41) is 2.67. The van der Waals surface area contributed by atoms with E-state index >= 15 is 0 Å². The van der Waals surface area contributed by atoms with Gasteiger partial charge in [0.2, 0.25) is 15.9 Å². The minimum absolute atomic E-state index is 0.00425. The molecule has 0 radical (unpaired) electrons. The number of rotatable bonds is 8. The summed E-state index contributed by atoms with van der Waals surface area (Å²) in [6.45, 7) is 5.37. The molecule has 0 saturated carbocycles. The topological polar surface area (TPSA) is 93.7 Å². The summed E-state index contributed by atoms with van der Waals surface area (Å²) in [5.74, 6) is -0.201. The first kappa shape index (κ1) is 19.4. The number of nitrogens with one attached hydrogen (secondary N) is 2. The summed E-state index contributed by atoms with van der Waals surface area (Å²) in [5.41, 5.74) is 0.775. The molecule has 0 aliphatic heterocycles. The summed E-state index contributed by atoms with van der Waals surface area (Å²) in [6.07, 6.45) is 0. The van der Waals surface area contributed by atoms with E-state index in [0.717, 1.165) is 5.56 Å². The fraction of sp³-hybridized carbons (Fsp3) is 0.533. The van der Waals surface area contributed by atoms with Gasteiger partial charge in [-0.05, 0) is 38.5 Å². The number of sulfonamides is 1. The lowest BCUT2D eigenvalue weighted by molar-refractivity contribution is -0.123. The molecule has 2 atom stereocenters. The number of methoxy groups -OCH3 is 2. The first-order chi connectivity index (χ1) is 10.7. The molecule has 0 saturated heterocycles. The van der Waals surface area contributed by atoms with Gasteiger partial charge in [0.15, 0.2) is 0 Å². The van der Waals surface area contributed by atoms with Crippen molar-refractivity contribution in [2.45, 2.75) is 37.8 Å². The molecule has 1 rings (SSSR count). The molecule has 0 fully saturated rings. The van der Waals surface area contributed by atoms with Crippen LogP contribution >= 0.6 is 0 Å². The molecule has 0 unspecified atom stereocenters. The Balaban J connectivity index is 2.90. The van der Waals surface area contributed by atoms with Gasteiger partial charge in [0.25, 0.3) is 0 Å². The molecule has 23 heavy (non-hydrogen) atoms. The van der Waals surface area contributed by atoms with E-state index in [4.69, 9.17) is 9.47 Å². The number of amides is 1. The monoisotopic (exact) mass is 344 g/mol. The fourth-order valence-electron chi connectivity index (χ4n) is 2.00. The Kier molecular flexibility index (Phi) is 6.99. The maximum atomic E-state index is 12.5. The smallest absolute Gasteiger partial charge is 0.244 e. The Morgan fingerprint density at radius 1 is 1.26 bits per heavy atom. The zero-order valence-electron chi connectivity index (χ0n) is 14.0. The number of carbonyl (C=O) groups is 1. The van der Waals surface area contributed by atoms with Gasteiger partial charge in [-0.1, -0.05) is 6.07 Å². The van der Waals surface area contributed by atoms with Crippen LogP contribution in [0.25, 0.3) is 0 Å². The lowest BCUT2D eigenvalue weighted by Gasteiger charge is -2.19. The van der Waals surface area contributed by atoms with Crippen molar-refractivity contribution >= 4 is 15.9 Å². The second kappa shape index (κ2) is 8.28. The maximum absolute atomic E-state index is 12.5. The van der Waals surface area contributed by atoms with Crippen LogP contribution in [0.1, 0.15) is 19.4 Å². The van der Waals surface area contributed by atoms with Crippen LogP contribution in [0.2, 0.25) is 0 Å². The highest BCUT2D eigenvalue weighted by atomic mass is 32.2. The van der Waals surface area contributed by atoms with Crippen LogP contribution in [0.15, 0.2) is 23.1 Å². The highest BCUT2D eigenvalue weighted by Crippen LogP contribution is 2.24. The number of benzene rings is 1. The minimum atomic E-state index is -3.88. The summed E-state index contributed by atoms with van der Waals surface area (Å²) >= 11 is 0. The lowest BCUT2D eigenvalue weighted by atomic mass is 10.2. The molecule has 0 bridgehead atoms. The summed E-state index contributed by atoms with van der Waals surface area (Å²) in [6, 6.07) is 3.69. The Morgan fingerprint density at radius 3 is 2.48 bits per heavy atom. The van der Waals surface area contributed by atoms with Crippen LogP contribution in [0, 0.1) is 6.92 Å². The average molecular weight is 344 g/mol. The van der Waals surface area contributed by atoms with Gasteiger partial charge in [0, 0.05) is 13.2 Å². The molecular weight excluding hydrogens is 320 g/mol. The lowest BCUT2D eigenvalue weighted by Crippen LogP contribution is -2.48. The predicted octanol–water partition coefficient (Wildman–Crippen LogP) is 0.822. The third kappa shape index (κ3) is 5.49. The quantitative estimate of drug-likeness (QED) is 0.728. The Bertz CT molecular complexity index is 645. The summed E-state index contributed by atoms with van der Waals surface area (Å²) < 4.78 is 37.4. The van der Waals surface area contributed by atoms with E-state index in [-0.39, 0.29) is 16.7 Å². The number of aryl methyl sites for hydroxylation is 1. The standard InChI is InChI=1S/C15H24N2O5S/c1-10-6-7-13(22-5)14(8-10)23(19,20)17-12(3)15(18)16-11(2)9-21-4/h6-8,11-12,17H,9H2,1-5H3,(H,16,18)/t11-,12+/m1/s1. The highest BCUT2D eigenvalue weighted by molar-refractivity contribution is 7.89. The van der Waals surface area contributed by atoms with Gasteiger partial charge in [0.1, 0.15) is 10.6 Å². The van der Waals surface area contributed by atoms with Gasteiger partial charge < -0.3 is 14.8 Å². The fourth-order valence-corrected chi connectivity index (χ4v) is 3.46. The minimum Gasteiger partial charge on any atom is -0.495 e. The molecule has 1 aromatic rings. The SMILES string of the molecule is COC[C@@H](C)NC(=O)[C@H](C)NS(=O)(=O)c1cc(C)ccc1OC. The molecule has 0 heterocycles. The van der Waals surface area contributed by atoms with E-state index in [1.807, 2.05) is 0 Å². The van der Waals surface area contributed by atoms with Crippen LogP contribution in [0.3, 0.4) is 0 Å². The second-order valence-electron chi connectivity index (χ2n) is 5.36. The molecule has 1 amide bonds. The van der Waals surface area contributed by atoms with Crippen LogP contribution in [-0.4, -0.2) is 47.2 Å². The van der Waals surface area contributed by atoms with Gasteiger partial charge in [-0.15, -0.1) is 0 Å². The van der Waals surface area contributed by atoms with Gasteiger partial charge in [0.05, 0.1) is 19.8 Å². The number of hydrogen-bond donors (Lipinski definition) is 2. The second-order valence-corrected chi connectivity index (χ2v) is 7.04. The molecule has 0 spiro atoms. The zero-order valence-corrected chi connectivity index (χ0v) is 14.9. The van der Waals surface area contributed by atoms with Crippen molar-refractivity contribution in [2.75, 3.05) is 20.8 Å². The van der Waals surface area contributed by atoms with E-state index in [1.54, 1.807) is 26.0 Å². The number of carbonyl (C=O) groups excluding carboxylic acids is 1. The van der Waals surface area contributed by atoms with E-state index in [0.29, 0.717) is 6.61 Å². The van der Waals surface area contributed by atoms with Crippen molar-refractivity contribution in [2.24, 2.45) is 0 Å². The summed E-state index contributed by atoms with van der Waals surface area (Å²) in [4.78, 5) is 12.0. The van der Waals surface area contributed by atoms with Crippen LogP contribution in [0.5, 0.6) is 5.75 Å². The molecule has 0 aliphatic rings. The molecular formula is C15H24N2O5S. The normalized spacial score (nSPS) is 14.1. The van der Waals surface area contributed by atoms with E-state index in [2.05, 4.69) is 10.0 Å². The van der Waals surface area contributed by atoms with Crippen molar-refractivity contribution < 1.29 is 22.7 Å². The largest absolute Gasteiger partial charge is 0.495 e. The Labute approximate surface area is 137 Å². The van der Waals surface area contributed by atoms with Gasteiger partial charge in [-0.25, -0.2) is 8.42 Å². The highest BCUT2D eigenvalue weighted by Gasteiger charge is 2.25. The van der Waals surface area contributed by atoms with Crippen molar-refractivity contribution in [1.82, 2.24) is 10.0 Å². The van der Waals surface area contributed by atoms with Gasteiger partial charge >= 0.3 is 0 Å².